The molecule has 0 saturated heterocycles. The number of methoxy groups -OCH3 is 1. The minimum atomic E-state index is -0.0318. The first-order chi connectivity index (χ1) is 9.63. The van der Waals surface area contributed by atoms with Gasteiger partial charge in [-0.3, -0.25) is 0 Å². The molecular formula is C17H27NO2. The van der Waals surface area contributed by atoms with Gasteiger partial charge in [-0.1, -0.05) is 26.0 Å². The molecule has 0 amide bonds. The highest BCUT2D eigenvalue weighted by Crippen LogP contribution is 2.33. The highest BCUT2D eigenvalue weighted by atomic mass is 16.5. The van der Waals surface area contributed by atoms with Crippen molar-refractivity contribution in [3.8, 4) is 5.75 Å². The largest absolute Gasteiger partial charge is 0.497 e. The Kier molecular flexibility index (Phi) is 5.44. The number of hydrogen-bond acceptors (Lipinski definition) is 3. The van der Waals surface area contributed by atoms with Crippen LogP contribution in [0.15, 0.2) is 24.3 Å². The first kappa shape index (κ1) is 15.3. The fourth-order valence-corrected chi connectivity index (χ4v) is 2.97. The van der Waals surface area contributed by atoms with Crippen molar-refractivity contribution >= 4 is 0 Å². The van der Waals surface area contributed by atoms with Crippen molar-refractivity contribution in [2.75, 3.05) is 13.7 Å². The summed E-state index contributed by atoms with van der Waals surface area (Å²) in [5.74, 6) is 2.40. The van der Waals surface area contributed by atoms with Gasteiger partial charge in [0.1, 0.15) is 5.75 Å². The van der Waals surface area contributed by atoms with E-state index in [1.54, 1.807) is 7.11 Å². The molecule has 20 heavy (non-hydrogen) atoms. The third kappa shape index (κ3) is 3.74. The Balaban J connectivity index is 2.01. The van der Waals surface area contributed by atoms with E-state index in [0.29, 0.717) is 12.6 Å². The van der Waals surface area contributed by atoms with Crippen LogP contribution in [0.25, 0.3) is 0 Å². The molecule has 0 bridgehead atoms. The van der Waals surface area contributed by atoms with Crippen LogP contribution in [0.5, 0.6) is 5.75 Å². The summed E-state index contributed by atoms with van der Waals surface area (Å²) in [4.78, 5) is 0. The van der Waals surface area contributed by atoms with Crippen molar-refractivity contribution in [1.29, 1.82) is 0 Å². The van der Waals surface area contributed by atoms with Crippen molar-refractivity contribution < 1.29 is 9.47 Å². The first-order valence-electron chi connectivity index (χ1n) is 7.63. The van der Waals surface area contributed by atoms with Gasteiger partial charge in [0.2, 0.25) is 0 Å². The summed E-state index contributed by atoms with van der Waals surface area (Å²) in [6.45, 7) is 5.17. The van der Waals surface area contributed by atoms with Crippen molar-refractivity contribution in [2.24, 2.45) is 17.6 Å². The summed E-state index contributed by atoms with van der Waals surface area (Å²) < 4.78 is 11.5. The maximum atomic E-state index is 6.26. The van der Waals surface area contributed by atoms with Crippen LogP contribution in [0.3, 0.4) is 0 Å². The van der Waals surface area contributed by atoms with E-state index in [9.17, 15) is 0 Å². The van der Waals surface area contributed by atoms with Gasteiger partial charge >= 0.3 is 0 Å². The zero-order valence-electron chi connectivity index (χ0n) is 12.8. The summed E-state index contributed by atoms with van der Waals surface area (Å²) in [7, 11) is 1.68. The van der Waals surface area contributed by atoms with E-state index in [-0.39, 0.29) is 6.10 Å². The minimum absolute atomic E-state index is 0.0318. The van der Waals surface area contributed by atoms with Crippen LogP contribution >= 0.6 is 0 Å². The van der Waals surface area contributed by atoms with Gasteiger partial charge in [-0.25, -0.2) is 0 Å². The predicted molar refractivity (Wildman–Crippen MR) is 81.8 cm³/mol. The molecule has 0 radical (unpaired) electrons. The van der Waals surface area contributed by atoms with Gasteiger partial charge in [0, 0.05) is 6.54 Å². The van der Waals surface area contributed by atoms with Crippen LogP contribution in [-0.2, 0) is 4.74 Å². The van der Waals surface area contributed by atoms with E-state index in [1.165, 1.54) is 6.42 Å². The van der Waals surface area contributed by atoms with Crippen LogP contribution < -0.4 is 10.5 Å². The fourth-order valence-electron chi connectivity index (χ4n) is 2.97. The minimum Gasteiger partial charge on any atom is -0.497 e. The standard InChI is InChI=1S/C17H27NO2/c1-12-7-8-16(9-13(12)2)20-17(11-18)14-5-4-6-15(10-14)19-3/h4-6,10,12-13,16-17H,7-9,11,18H2,1-3H3. The Bertz CT molecular complexity index is 421. The lowest BCUT2D eigenvalue weighted by Crippen LogP contribution is -2.30. The molecule has 0 heterocycles. The summed E-state index contributed by atoms with van der Waals surface area (Å²) in [6, 6.07) is 8.02. The van der Waals surface area contributed by atoms with Crippen molar-refractivity contribution in [1.82, 2.24) is 0 Å². The molecule has 0 spiro atoms. The Morgan fingerprint density at radius 2 is 2.05 bits per heavy atom. The second-order valence-corrected chi connectivity index (χ2v) is 6.03. The Morgan fingerprint density at radius 3 is 2.70 bits per heavy atom. The van der Waals surface area contributed by atoms with Crippen molar-refractivity contribution in [3.63, 3.8) is 0 Å². The lowest BCUT2D eigenvalue weighted by Gasteiger charge is -2.34. The van der Waals surface area contributed by atoms with Gasteiger partial charge in [0.15, 0.2) is 0 Å². The molecule has 3 heteroatoms. The van der Waals surface area contributed by atoms with Crippen molar-refractivity contribution in [3.05, 3.63) is 29.8 Å². The van der Waals surface area contributed by atoms with Crippen LogP contribution in [0.1, 0.15) is 44.8 Å². The summed E-state index contributed by atoms with van der Waals surface area (Å²) >= 11 is 0. The Morgan fingerprint density at radius 1 is 1.25 bits per heavy atom. The maximum Gasteiger partial charge on any atom is 0.119 e. The van der Waals surface area contributed by atoms with E-state index >= 15 is 0 Å². The molecule has 4 unspecified atom stereocenters. The first-order valence-corrected chi connectivity index (χ1v) is 7.63. The predicted octanol–water partition coefficient (Wildman–Crippen LogP) is 3.54. The molecule has 1 fully saturated rings. The molecule has 2 rings (SSSR count). The molecule has 1 saturated carbocycles. The van der Waals surface area contributed by atoms with Gasteiger partial charge in [0.05, 0.1) is 19.3 Å². The van der Waals surface area contributed by atoms with E-state index in [4.69, 9.17) is 15.2 Å². The van der Waals surface area contributed by atoms with Crippen LogP contribution in [0.2, 0.25) is 0 Å². The lowest BCUT2D eigenvalue weighted by atomic mass is 9.80. The van der Waals surface area contributed by atoms with Gasteiger partial charge in [0.25, 0.3) is 0 Å². The molecular weight excluding hydrogens is 250 g/mol. The quantitative estimate of drug-likeness (QED) is 0.895. The lowest BCUT2D eigenvalue weighted by molar-refractivity contribution is -0.0449. The fraction of sp³-hybridized carbons (Fsp3) is 0.647. The zero-order chi connectivity index (χ0) is 14.5. The van der Waals surface area contributed by atoms with E-state index < -0.39 is 0 Å². The van der Waals surface area contributed by atoms with E-state index in [2.05, 4.69) is 19.9 Å². The SMILES string of the molecule is COc1cccc(C(CN)OC2CCC(C)C(C)C2)c1. The molecule has 4 atom stereocenters. The molecule has 1 aromatic carbocycles. The summed E-state index contributed by atoms with van der Waals surface area (Å²) in [5.41, 5.74) is 7.02. The second-order valence-electron chi connectivity index (χ2n) is 6.03. The van der Waals surface area contributed by atoms with E-state index in [0.717, 1.165) is 36.0 Å². The monoisotopic (exact) mass is 277 g/mol. The van der Waals surface area contributed by atoms with E-state index in [1.807, 2.05) is 18.2 Å². The van der Waals surface area contributed by atoms with Gasteiger partial charge in [-0.15, -0.1) is 0 Å². The number of rotatable bonds is 5. The molecule has 1 aromatic rings. The molecule has 1 aliphatic rings. The number of nitrogens with two attached hydrogens (primary N) is 1. The average molecular weight is 277 g/mol. The molecule has 0 aliphatic heterocycles. The number of hydrogen-bond donors (Lipinski definition) is 1. The molecule has 2 N–H and O–H groups in total. The molecule has 1 aliphatic carbocycles. The Hall–Kier alpha value is -1.06. The third-order valence-electron chi connectivity index (χ3n) is 4.59. The maximum absolute atomic E-state index is 6.26. The number of ether oxygens (including phenoxy) is 2. The Labute approximate surface area is 122 Å². The average Bonchev–Trinajstić information content (AvgIpc) is 2.48. The zero-order valence-corrected chi connectivity index (χ0v) is 12.8. The second kappa shape index (κ2) is 7.09. The van der Waals surface area contributed by atoms with Crippen molar-refractivity contribution in [2.45, 2.75) is 45.3 Å². The topological polar surface area (TPSA) is 44.5 Å². The van der Waals surface area contributed by atoms with Crippen LogP contribution in [0, 0.1) is 11.8 Å². The number of benzene rings is 1. The summed E-state index contributed by atoms with van der Waals surface area (Å²) in [6.07, 6.45) is 3.84. The molecule has 112 valence electrons. The smallest absolute Gasteiger partial charge is 0.119 e. The molecule has 3 nitrogen and oxygen atoms in total. The van der Waals surface area contributed by atoms with Gasteiger partial charge < -0.3 is 15.2 Å². The van der Waals surface area contributed by atoms with Crippen LogP contribution in [-0.4, -0.2) is 19.8 Å². The third-order valence-corrected chi connectivity index (χ3v) is 4.59. The highest BCUT2D eigenvalue weighted by molar-refractivity contribution is 5.30. The molecule has 0 aromatic heterocycles. The normalized spacial score (nSPS) is 28.1. The van der Waals surface area contributed by atoms with Gasteiger partial charge in [-0.2, -0.15) is 0 Å². The van der Waals surface area contributed by atoms with Crippen LogP contribution in [0.4, 0.5) is 0 Å². The van der Waals surface area contributed by atoms with Gasteiger partial charge in [-0.05, 0) is 48.8 Å². The summed E-state index contributed by atoms with van der Waals surface area (Å²) in [5, 5.41) is 0. The highest BCUT2D eigenvalue weighted by Gasteiger charge is 2.27.